The van der Waals surface area contributed by atoms with Crippen LogP contribution in [0.1, 0.15) is 62.5 Å². The Kier molecular flexibility index (Phi) is 8.49. The van der Waals surface area contributed by atoms with E-state index in [0.717, 1.165) is 47.9 Å². The second-order valence-corrected chi connectivity index (χ2v) is 10.7. The number of anilines is 2. The number of aliphatic carboxylic acids is 2. The number of aryl methyl sites for hydroxylation is 2. The first-order valence-corrected chi connectivity index (χ1v) is 13.4. The Bertz CT molecular complexity index is 1140. The lowest BCUT2D eigenvalue weighted by atomic mass is 9.78. The average molecular weight is 521 g/mol. The van der Waals surface area contributed by atoms with Crippen molar-refractivity contribution in [3.8, 4) is 11.1 Å². The van der Waals surface area contributed by atoms with Crippen molar-refractivity contribution in [3.05, 3.63) is 47.5 Å². The van der Waals surface area contributed by atoms with Crippen LogP contribution in [-0.2, 0) is 19.2 Å². The van der Waals surface area contributed by atoms with Crippen molar-refractivity contribution in [2.24, 2.45) is 23.7 Å². The highest BCUT2D eigenvalue weighted by Crippen LogP contribution is 2.34. The van der Waals surface area contributed by atoms with E-state index in [4.69, 9.17) is 0 Å². The summed E-state index contributed by atoms with van der Waals surface area (Å²) in [6, 6.07) is 11.4. The van der Waals surface area contributed by atoms with E-state index in [1.165, 1.54) is 0 Å². The molecule has 8 heteroatoms. The number of rotatable bonds is 7. The van der Waals surface area contributed by atoms with Gasteiger partial charge in [-0.1, -0.05) is 37.8 Å². The molecule has 0 saturated heterocycles. The number of hydrogen-bond donors (Lipinski definition) is 4. The van der Waals surface area contributed by atoms with E-state index in [-0.39, 0.29) is 11.8 Å². The van der Waals surface area contributed by atoms with Crippen LogP contribution in [0, 0.1) is 37.5 Å². The van der Waals surface area contributed by atoms with Gasteiger partial charge in [0, 0.05) is 11.4 Å². The lowest BCUT2D eigenvalue weighted by Gasteiger charge is -2.27. The third-order valence-electron chi connectivity index (χ3n) is 8.14. The maximum absolute atomic E-state index is 12.9. The SMILES string of the molecule is Cc1cc(-c2ccc(NC(=O)[C@@H]3CCCC[C@@H]3C(=O)O)c(C)c2)ccc1NC(=O)[C@H]1CCCC[C@H]1C(=O)O. The van der Waals surface area contributed by atoms with E-state index < -0.39 is 35.6 Å². The molecule has 2 aliphatic carbocycles. The summed E-state index contributed by atoms with van der Waals surface area (Å²) in [6.07, 6.45) is 5.61. The van der Waals surface area contributed by atoms with Crippen LogP contribution in [0.5, 0.6) is 0 Å². The van der Waals surface area contributed by atoms with Crippen molar-refractivity contribution in [2.45, 2.75) is 65.2 Å². The molecular formula is C30H36N2O6. The van der Waals surface area contributed by atoms with Gasteiger partial charge in [0.15, 0.2) is 0 Å². The largest absolute Gasteiger partial charge is 0.481 e. The van der Waals surface area contributed by atoms with E-state index in [0.29, 0.717) is 37.1 Å². The smallest absolute Gasteiger partial charge is 0.307 e. The zero-order valence-electron chi connectivity index (χ0n) is 22.0. The molecule has 4 N–H and O–H groups in total. The van der Waals surface area contributed by atoms with Crippen molar-refractivity contribution in [2.75, 3.05) is 10.6 Å². The Labute approximate surface area is 222 Å². The van der Waals surface area contributed by atoms with Crippen LogP contribution in [-0.4, -0.2) is 34.0 Å². The molecule has 0 aromatic heterocycles. The Balaban J connectivity index is 1.45. The van der Waals surface area contributed by atoms with Gasteiger partial charge in [0.2, 0.25) is 11.8 Å². The van der Waals surface area contributed by atoms with E-state index >= 15 is 0 Å². The Morgan fingerprint density at radius 3 is 1.26 bits per heavy atom. The Hall–Kier alpha value is -3.68. The minimum Gasteiger partial charge on any atom is -0.481 e. The molecular weight excluding hydrogens is 484 g/mol. The van der Waals surface area contributed by atoms with Gasteiger partial charge in [0.05, 0.1) is 23.7 Å². The lowest BCUT2D eigenvalue weighted by Crippen LogP contribution is -2.36. The molecule has 0 radical (unpaired) electrons. The first-order valence-electron chi connectivity index (χ1n) is 13.4. The molecule has 2 saturated carbocycles. The summed E-state index contributed by atoms with van der Waals surface area (Å²) < 4.78 is 0. The van der Waals surface area contributed by atoms with Gasteiger partial charge in [0.1, 0.15) is 0 Å². The predicted octanol–water partition coefficient (Wildman–Crippen LogP) is 5.63. The Morgan fingerprint density at radius 1 is 0.605 bits per heavy atom. The van der Waals surface area contributed by atoms with Crippen molar-refractivity contribution >= 4 is 35.1 Å². The van der Waals surface area contributed by atoms with Crippen LogP contribution < -0.4 is 10.6 Å². The normalized spacial score (nSPS) is 23.3. The predicted molar refractivity (Wildman–Crippen MR) is 145 cm³/mol. The molecule has 2 aromatic rings. The van der Waals surface area contributed by atoms with Gasteiger partial charge >= 0.3 is 11.9 Å². The first kappa shape index (κ1) is 27.4. The van der Waals surface area contributed by atoms with E-state index in [2.05, 4.69) is 10.6 Å². The van der Waals surface area contributed by atoms with Crippen LogP contribution >= 0.6 is 0 Å². The van der Waals surface area contributed by atoms with E-state index in [1.807, 2.05) is 50.2 Å². The van der Waals surface area contributed by atoms with Crippen molar-refractivity contribution in [3.63, 3.8) is 0 Å². The fourth-order valence-electron chi connectivity index (χ4n) is 5.90. The van der Waals surface area contributed by atoms with E-state index in [1.54, 1.807) is 0 Å². The minimum atomic E-state index is -0.910. The molecule has 38 heavy (non-hydrogen) atoms. The fraction of sp³-hybridized carbons (Fsp3) is 0.467. The molecule has 0 heterocycles. The van der Waals surface area contributed by atoms with Crippen LogP contribution in [0.4, 0.5) is 11.4 Å². The quantitative estimate of drug-likeness (QED) is 0.374. The summed E-state index contributed by atoms with van der Waals surface area (Å²) in [5.41, 5.74) is 4.95. The number of hydrogen-bond acceptors (Lipinski definition) is 4. The van der Waals surface area contributed by atoms with Gasteiger partial charge < -0.3 is 20.8 Å². The number of carbonyl (C=O) groups is 4. The van der Waals surface area contributed by atoms with Crippen LogP contribution in [0.2, 0.25) is 0 Å². The summed E-state index contributed by atoms with van der Waals surface area (Å²) in [5.74, 6) is -4.63. The molecule has 2 aliphatic rings. The molecule has 4 rings (SSSR count). The topological polar surface area (TPSA) is 133 Å². The summed E-state index contributed by atoms with van der Waals surface area (Å²) in [5, 5.41) is 24.9. The zero-order chi connectivity index (χ0) is 27.4. The summed E-state index contributed by atoms with van der Waals surface area (Å²) in [4.78, 5) is 49.0. The molecule has 8 nitrogen and oxygen atoms in total. The highest BCUT2D eigenvalue weighted by molar-refractivity contribution is 5.97. The van der Waals surface area contributed by atoms with Gasteiger partial charge in [-0.3, -0.25) is 19.2 Å². The lowest BCUT2D eigenvalue weighted by molar-refractivity contribution is -0.148. The number of carboxylic acid groups (broad SMARTS) is 2. The zero-order valence-corrected chi connectivity index (χ0v) is 22.0. The molecule has 0 aliphatic heterocycles. The van der Waals surface area contributed by atoms with Crippen LogP contribution in [0.15, 0.2) is 36.4 Å². The molecule has 0 spiro atoms. The average Bonchev–Trinajstić information content (AvgIpc) is 2.90. The molecule has 202 valence electrons. The van der Waals surface area contributed by atoms with Crippen molar-refractivity contribution < 1.29 is 29.4 Å². The molecule has 2 amide bonds. The number of benzene rings is 2. The second-order valence-electron chi connectivity index (χ2n) is 10.7. The summed E-state index contributed by atoms with van der Waals surface area (Å²) in [7, 11) is 0. The highest BCUT2D eigenvalue weighted by atomic mass is 16.4. The van der Waals surface area contributed by atoms with E-state index in [9.17, 15) is 29.4 Å². The Morgan fingerprint density at radius 2 is 0.947 bits per heavy atom. The number of nitrogens with one attached hydrogen (secondary N) is 2. The van der Waals surface area contributed by atoms with Crippen molar-refractivity contribution in [1.82, 2.24) is 0 Å². The van der Waals surface area contributed by atoms with Gasteiger partial charge in [-0.2, -0.15) is 0 Å². The molecule has 2 fully saturated rings. The van der Waals surface area contributed by atoms with Gasteiger partial charge in [-0.15, -0.1) is 0 Å². The third kappa shape index (κ3) is 6.06. The molecule has 0 unspecified atom stereocenters. The number of carboxylic acids is 2. The maximum atomic E-state index is 12.9. The van der Waals surface area contributed by atoms with Gasteiger partial charge in [0.25, 0.3) is 0 Å². The molecule has 2 aromatic carbocycles. The molecule has 0 bridgehead atoms. The highest BCUT2D eigenvalue weighted by Gasteiger charge is 2.37. The maximum Gasteiger partial charge on any atom is 0.307 e. The van der Waals surface area contributed by atoms with Gasteiger partial charge in [-0.25, -0.2) is 0 Å². The van der Waals surface area contributed by atoms with Crippen LogP contribution in [0.3, 0.4) is 0 Å². The standard InChI is InChI=1S/C30H36N2O6/c1-17-15-19(11-13-25(17)31-27(33)21-7-3-5-9-23(21)29(35)36)20-12-14-26(18(2)16-20)32-28(34)22-8-4-6-10-24(22)30(37)38/h11-16,21-24H,3-10H2,1-2H3,(H,31,33)(H,32,34)(H,35,36)(H,37,38)/t21-,22+,23+,24-. The third-order valence-corrected chi connectivity index (χ3v) is 8.14. The molecule has 4 atom stereocenters. The van der Waals surface area contributed by atoms with Gasteiger partial charge in [-0.05, 0) is 86.1 Å². The van der Waals surface area contributed by atoms with Crippen LogP contribution in [0.25, 0.3) is 11.1 Å². The minimum absolute atomic E-state index is 0.244. The second kappa shape index (κ2) is 11.8. The fourth-order valence-corrected chi connectivity index (χ4v) is 5.90. The number of amides is 2. The number of carbonyl (C=O) groups excluding carboxylic acids is 2. The first-order chi connectivity index (χ1) is 18.2. The van der Waals surface area contributed by atoms with Crippen molar-refractivity contribution in [1.29, 1.82) is 0 Å². The summed E-state index contributed by atoms with van der Waals surface area (Å²) in [6.45, 7) is 3.80. The summed E-state index contributed by atoms with van der Waals surface area (Å²) >= 11 is 0. The monoisotopic (exact) mass is 520 g/mol.